The van der Waals surface area contributed by atoms with Crippen LogP contribution in [-0.2, 0) is 6.42 Å². The number of rotatable bonds is 6. The van der Waals surface area contributed by atoms with Gasteiger partial charge in [-0.05, 0) is 50.4 Å². The van der Waals surface area contributed by atoms with Crippen molar-refractivity contribution < 1.29 is 0 Å². The summed E-state index contributed by atoms with van der Waals surface area (Å²) in [6, 6.07) is 10.4. The Balaban J connectivity index is 2.10. The van der Waals surface area contributed by atoms with Crippen LogP contribution in [0.2, 0.25) is 0 Å². The highest BCUT2D eigenvalue weighted by Crippen LogP contribution is 2.25. The van der Waals surface area contributed by atoms with Crippen molar-refractivity contribution in [1.82, 2.24) is 10.2 Å². The van der Waals surface area contributed by atoms with Crippen LogP contribution in [0.5, 0.6) is 0 Å². The lowest BCUT2D eigenvalue weighted by Gasteiger charge is -2.34. The lowest BCUT2D eigenvalue weighted by atomic mass is 10.0. The van der Waals surface area contributed by atoms with Crippen LogP contribution >= 0.6 is 0 Å². The molecule has 0 aromatic heterocycles. The molecule has 1 aliphatic rings. The van der Waals surface area contributed by atoms with Gasteiger partial charge in [-0.25, -0.2) is 0 Å². The van der Waals surface area contributed by atoms with E-state index in [0.717, 1.165) is 13.0 Å². The first kappa shape index (κ1) is 14.5. The smallest absolute Gasteiger partial charge is 0.0323 e. The van der Waals surface area contributed by atoms with E-state index in [1.54, 1.807) is 0 Å². The fraction of sp³-hybridized carbons (Fsp3) is 0.647. The van der Waals surface area contributed by atoms with Gasteiger partial charge in [-0.2, -0.15) is 0 Å². The summed E-state index contributed by atoms with van der Waals surface area (Å²) in [5, 5.41) is 3.49. The monoisotopic (exact) mass is 260 g/mol. The van der Waals surface area contributed by atoms with Crippen molar-refractivity contribution in [3.8, 4) is 0 Å². The number of hydrogen-bond acceptors (Lipinski definition) is 2. The zero-order valence-corrected chi connectivity index (χ0v) is 12.7. The normalized spacial score (nSPS) is 20.9. The summed E-state index contributed by atoms with van der Waals surface area (Å²) >= 11 is 0. The molecule has 2 atom stereocenters. The van der Waals surface area contributed by atoms with Gasteiger partial charge in [0.05, 0.1) is 0 Å². The molecule has 0 spiro atoms. The van der Waals surface area contributed by atoms with Gasteiger partial charge < -0.3 is 5.32 Å². The molecule has 2 unspecified atom stereocenters. The summed E-state index contributed by atoms with van der Waals surface area (Å²) < 4.78 is 0. The molecule has 1 N–H and O–H groups in total. The summed E-state index contributed by atoms with van der Waals surface area (Å²) in [7, 11) is 0. The first-order valence-corrected chi connectivity index (χ1v) is 7.81. The molecule has 0 amide bonds. The van der Waals surface area contributed by atoms with Gasteiger partial charge >= 0.3 is 0 Å². The van der Waals surface area contributed by atoms with E-state index in [1.807, 2.05) is 0 Å². The van der Waals surface area contributed by atoms with E-state index in [0.29, 0.717) is 12.1 Å². The van der Waals surface area contributed by atoms with Crippen LogP contribution in [0.4, 0.5) is 0 Å². The second-order valence-electron chi connectivity index (χ2n) is 5.66. The molecular weight excluding hydrogens is 232 g/mol. The highest BCUT2D eigenvalue weighted by molar-refractivity contribution is 5.25. The Morgan fingerprint density at radius 1 is 1.26 bits per heavy atom. The molecule has 1 fully saturated rings. The summed E-state index contributed by atoms with van der Waals surface area (Å²) in [4.78, 5) is 2.68. The molecule has 1 aromatic rings. The van der Waals surface area contributed by atoms with Crippen molar-refractivity contribution in [2.45, 2.75) is 52.1 Å². The van der Waals surface area contributed by atoms with Gasteiger partial charge in [0.1, 0.15) is 0 Å². The van der Waals surface area contributed by atoms with Gasteiger partial charge in [-0.15, -0.1) is 0 Å². The number of hydrogen-bond donors (Lipinski definition) is 1. The summed E-state index contributed by atoms with van der Waals surface area (Å²) in [6.45, 7) is 10.4. The maximum atomic E-state index is 3.49. The molecule has 1 heterocycles. The van der Waals surface area contributed by atoms with Gasteiger partial charge in [0.25, 0.3) is 0 Å². The third kappa shape index (κ3) is 3.58. The van der Waals surface area contributed by atoms with Crippen molar-refractivity contribution in [2.75, 3.05) is 19.6 Å². The fourth-order valence-corrected chi connectivity index (χ4v) is 3.10. The molecule has 1 saturated heterocycles. The van der Waals surface area contributed by atoms with Crippen LogP contribution in [0.15, 0.2) is 24.3 Å². The Morgan fingerprint density at radius 2 is 2.00 bits per heavy atom. The number of benzene rings is 1. The molecule has 0 aliphatic carbocycles. The van der Waals surface area contributed by atoms with Crippen molar-refractivity contribution in [2.24, 2.45) is 0 Å². The zero-order valence-electron chi connectivity index (χ0n) is 12.7. The van der Waals surface area contributed by atoms with E-state index >= 15 is 0 Å². The number of nitrogens with zero attached hydrogens (tertiary/aromatic N) is 1. The van der Waals surface area contributed by atoms with E-state index in [2.05, 4.69) is 55.3 Å². The molecule has 1 aliphatic heterocycles. The van der Waals surface area contributed by atoms with Gasteiger partial charge in [-0.3, -0.25) is 4.90 Å². The van der Waals surface area contributed by atoms with Gasteiger partial charge in [0.2, 0.25) is 0 Å². The second kappa shape index (κ2) is 7.06. The number of nitrogens with one attached hydrogen (secondary N) is 1. The third-order valence-corrected chi connectivity index (χ3v) is 4.35. The van der Waals surface area contributed by atoms with Crippen LogP contribution in [0, 0.1) is 0 Å². The van der Waals surface area contributed by atoms with Crippen molar-refractivity contribution in [3.05, 3.63) is 35.4 Å². The Labute approximate surface area is 118 Å². The SMILES string of the molecule is CCCN(C1CCNC1)C(C)c1ccc(CC)cc1. The molecule has 0 saturated carbocycles. The predicted octanol–water partition coefficient (Wildman–Crippen LogP) is 3.38. The Hall–Kier alpha value is -0.860. The maximum Gasteiger partial charge on any atom is 0.0323 e. The van der Waals surface area contributed by atoms with Crippen molar-refractivity contribution in [3.63, 3.8) is 0 Å². The van der Waals surface area contributed by atoms with E-state index in [-0.39, 0.29) is 0 Å². The lowest BCUT2D eigenvalue weighted by Crippen LogP contribution is -2.39. The van der Waals surface area contributed by atoms with Crippen LogP contribution in [0.3, 0.4) is 0 Å². The molecule has 106 valence electrons. The van der Waals surface area contributed by atoms with E-state index in [1.165, 1.54) is 37.1 Å². The van der Waals surface area contributed by atoms with E-state index in [9.17, 15) is 0 Å². The fourth-order valence-electron chi connectivity index (χ4n) is 3.10. The van der Waals surface area contributed by atoms with Gasteiger partial charge in [-0.1, -0.05) is 38.1 Å². The van der Waals surface area contributed by atoms with E-state index in [4.69, 9.17) is 0 Å². The minimum Gasteiger partial charge on any atom is -0.315 e. The topological polar surface area (TPSA) is 15.3 Å². The quantitative estimate of drug-likeness (QED) is 0.843. The van der Waals surface area contributed by atoms with E-state index < -0.39 is 0 Å². The molecular formula is C17H28N2. The Morgan fingerprint density at radius 3 is 2.53 bits per heavy atom. The first-order valence-electron chi connectivity index (χ1n) is 7.81. The highest BCUT2D eigenvalue weighted by Gasteiger charge is 2.26. The van der Waals surface area contributed by atoms with Crippen LogP contribution < -0.4 is 5.32 Å². The largest absolute Gasteiger partial charge is 0.315 e. The van der Waals surface area contributed by atoms with Crippen LogP contribution in [0.25, 0.3) is 0 Å². The molecule has 19 heavy (non-hydrogen) atoms. The minimum absolute atomic E-state index is 0.524. The predicted molar refractivity (Wildman–Crippen MR) is 82.5 cm³/mol. The van der Waals surface area contributed by atoms with Gasteiger partial charge in [0.15, 0.2) is 0 Å². The zero-order chi connectivity index (χ0) is 13.7. The average Bonchev–Trinajstić information content (AvgIpc) is 2.98. The third-order valence-electron chi connectivity index (χ3n) is 4.35. The van der Waals surface area contributed by atoms with Crippen molar-refractivity contribution >= 4 is 0 Å². The molecule has 1 aromatic carbocycles. The Kier molecular flexibility index (Phi) is 5.41. The molecule has 2 rings (SSSR count). The van der Waals surface area contributed by atoms with Crippen LogP contribution in [0.1, 0.15) is 50.8 Å². The number of aryl methyl sites for hydroxylation is 1. The first-order chi connectivity index (χ1) is 9.26. The van der Waals surface area contributed by atoms with Crippen LogP contribution in [-0.4, -0.2) is 30.6 Å². The summed E-state index contributed by atoms with van der Waals surface area (Å²) in [6.07, 6.45) is 3.64. The highest BCUT2D eigenvalue weighted by atomic mass is 15.2. The average molecular weight is 260 g/mol. The summed E-state index contributed by atoms with van der Waals surface area (Å²) in [5.74, 6) is 0. The maximum absolute atomic E-state index is 3.49. The summed E-state index contributed by atoms with van der Waals surface area (Å²) in [5.41, 5.74) is 2.89. The minimum atomic E-state index is 0.524. The molecule has 2 nitrogen and oxygen atoms in total. The van der Waals surface area contributed by atoms with Crippen molar-refractivity contribution in [1.29, 1.82) is 0 Å². The second-order valence-corrected chi connectivity index (χ2v) is 5.66. The standard InChI is InChI=1S/C17H28N2/c1-4-12-19(17-10-11-18-13-17)14(3)16-8-6-15(5-2)7-9-16/h6-9,14,17-18H,4-5,10-13H2,1-3H3. The molecule has 0 radical (unpaired) electrons. The Bertz CT molecular complexity index is 365. The lowest BCUT2D eigenvalue weighted by molar-refractivity contribution is 0.153. The molecule has 0 bridgehead atoms. The molecule has 2 heteroatoms. The van der Waals surface area contributed by atoms with Gasteiger partial charge in [0, 0.05) is 18.6 Å².